The summed E-state index contributed by atoms with van der Waals surface area (Å²) in [6.07, 6.45) is 2.50. The van der Waals surface area contributed by atoms with E-state index >= 15 is 0 Å². The Morgan fingerprint density at radius 2 is 1.46 bits per heavy atom. The average Bonchev–Trinajstić information content (AvgIpc) is 2.97. The van der Waals surface area contributed by atoms with Crippen molar-refractivity contribution in [3.8, 4) is 0 Å². The minimum absolute atomic E-state index is 0.213. The van der Waals surface area contributed by atoms with Gasteiger partial charge in [0.1, 0.15) is 0 Å². The highest BCUT2D eigenvalue weighted by Crippen LogP contribution is 2.44. The van der Waals surface area contributed by atoms with Gasteiger partial charge in [0.05, 0.1) is 0 Å². The third-order valence-corrected chi connectivity index (χ3v) is 7.87. The van der Waals surface area contributed by atoms with Crippen LogP contribution in [-0.4, -0.2) is 19.9 Å². The van der Waals surface area contributed by atoms with Gasteiger partial charge in [-0.05, 0) is 28.1 Å². The van der Waals surface area contributed by atoms with Crippen molar-refractivity contribution in [3.63, 3.8) is 0 Å². The molecular weight excluding hydrogens is 312 g/mol. The molecule has 0 amide bonds. The van der Waals surface area contributed by atoms with Gasteiger partial charge in [-0.1, -0.05) is 81.4 Å². The molecule has 1 aliphatic rings. The van der Waals surface area contributed by atoms with Crippen LogP contribution >= 0.6 is 0 Å². The van der Waals surface area contributed by atoms with Gasteiger partial charge in [-0.2, -0.15) is 0 Å². The van der Waals surface area contributed by atoms with Crippen LogP contribution in [0.5, 0.6) is 0 Å². The molecule has 0 aromatic heterocycles. The van der Waals surface area contributed by atoms with E-state index in [1.54, 1.807) is 0 Å². The molecule has 0 aliphatic heterocycles. The normalized spacial score (nSPS) is 24.5. The standard InChI is InChI=1S/C21H28O2Si/c1-20(2,3)17-14-15-21(22,16-17)23-24(18-10-6-4-7-11-18)19-12-8-5-9-13-19/h4-13,17,22,24H,14-16H2,1-3H3/t17-,21+/m1/s1. The fraction of sp³-hybridized carbons (Fsp3) is 0.429. The number of benzene rings is 2. The van der Waals surface area contributed by atoms with Crippen molar-refractivity contribution >= 4 is 19.4 Å². The van der Waals surface area contributed by atoms with E-state index in [0.717, 1.165) is 19.3 Å². The van der Waals surface area contributed by atoms with Gasteiger partial charge < -0.3 is 9.53 Å². The Labute approximate surface area is 147 Å². The minimum atomic E-state index is -1.90. The number of rotatable bonds is 4. The predicted octanol–water partition coefficient (Wildman–Crippen LogP) is 3.08. The Morgan fingerprint density at radius 3 is 1.88 bits per heavy atom. The maximum atomic E-state index is 11.1. The van der Waals surface area contributed by atoms with Crippen molar-refractivity contribution in [2.24, 2.45) is 11.3 Å². The zero-order chi connectivity index (χ0) is 17.2. The van der Waals surface area contributed by atoms with Crippen LogP contribution in [0.1, 0.15) is 40.0 Å². The van der Waals surface area contributed by atoms with Gasteiger partial charge in [0.15, 0.2) is 5.79 Å². The lowest BCUT2D eigenvalue weighted by atomic mass is 9.79. The molecule has 0 radical (unpaired) electrons. The zero-order valence-corrected chi connectivity index (χ0v) is 16.1. The van der Waals surface area contributed by atoms with Gasteiger partial charge in [0.25, 0.3) is 0 Å². The lowest BCUT2D eigenvalue weighted by molar-refractivity contribution is -0.136. The first kappa shape index (κ1) is 17.4. The van der Waals surface area contributed by atoms with E-state index in [0.29, 0.717) is 5.92 Å². The van der Waals surface area contributed by atoms with E-state index in [9.17, 15) is 5.11 Å². The summed E-state index contributed by atoms with van der Waals surface area (Å²) >= 11 is 0. The maximum Gasteiger partial charge on any atom is 0.243 e. The van der Waals surface area contributed by atoms with Crippen molar-refractivity contribution in [2.75, 3.05) is 0 Å². The first-order valence-electron chi connectivity index (χ1n) is 8.87. The smallest absolute Gasteiger partial charge is 0.243 e. The fourth-order valence-electron chi connectivity index (χ4n) is 3.64. The van der Waals surface area contributed by atoms with Gasteiger partial charge >= 0.3 is 0 Å². The summed E-state index contributed by atoms with van der Waals surface area (Å²) in [5, 5.41) is 13.6. The summed E-state index contributed by atoms with van der Waals surface area (Å²) < 4.78 is 6.49. The Kier molecular flexibility index (Phi) is 4.95. The molecule has 24 heavy (non-hydrogen) atoms. The molecule has 1 aliphatic carbocycles. The highest BCUT2D eigenvalue weighted by atomic mass is 28.3. The minimum Gasteiger partial charge on any atom is -0.384 e. The van der Waals surface area contributed by atoms with Crippen LogP contribution in [0.25, 0.3) is 0 Å². The maximum absolute atomic E-state index is 11.1. The Bertz CT molecular complexity index is 611. The highest BCUT2D eigenvalue weighted by Gasteiger charge is 2.44. The van der Waals surface area contributed by atoms with Crippen LogP contribution in [-0.2, 0) is 4.43 Å². The van der Waals surface area contributed by atoms with Gasteiger partial charge in [0, 0.05) is 12.8 Å². The second kappa shape index (κ2) is 6.83. The lowest BCUT2D eigenvalue weighted by Gasteiger charge is -2.32. The molecule has 3 rings (SSSR count). The van der Waals surface area contributed by atoms with Gasteiger partial charge in [-0.15, -0.1) is 0 Å². The fourth-order valence-corrected chi connectivity index (χ4v) is 6.09. The molecule has 0 spiro atoms. The molecule has 0 heterocycles. The monoisotopic (exact) mass is 340 g/mol. The molecule has 2 aromatic rings. The molecule has 1 saturated carbocycles. The zero-order valence-electron chi connectivity index (χ0n) is 14.9. The van der Waals surface area contributed by atoms with E-state index in [1.807, 2.05) is 12.1 Å². The van der Waals surface area contributed by atoms with Crippen LogP contribution in [0.4, 0.5) is 0 Å². The number of hydrogen-bond acceptors (Lipinski definition) is 2. The quantitative estimate of drug-likeness (QED) is 0.685. The second-order valence-corrected chi connectivity index (χ2v) is 10.4. The molecule has 3 heteroatoms. The number of hydrogen-bond donors (Lipinski definition) is 1. The lowest BCUT2D eigenvalue weighted by Crippen LogP contribution is -2.51. The molecule has 2 atom stereocenters. The summed E-state index contributed by atoms with van der Waals surface area (Å²) in [6, 6.07) is 20.8. The number of aliphatic hydroxyl groups is 1. The molecule has 0 bridgehead atoms. The summed E-state index contributed by atoms with van der Waals surface area (Å²) in [6.45, 7) is 6.77. The highest BCUT2D eigenvalue weighted by molar-refractivity contribution is 6.80. The van der Waals surface area contributed by atoms with Crippen molar-refractivity contribution < 1.29 is 9.53 Å². The van der Waals surface area contributed by atoms with Crippen LogP contribution in [0.15, 0.2) is 60.7 Å². The van der Waals surface area contributed by atoms with Crippen molar-refractivity contribution in [1.29, 1.82) is 0 Å². The molecule has 1 fully saturated rings. The molecule has 2 nitrogen and oxygen atoms in total. The summed E-state index contributed by atoms with van der Waals surface area (Å²) in [5.74, 6) is -0.482. The van der Waals surface area contributed by atoms with Crippen molar-refractivity contribution in [3.05, 3.63) is 60.7 Å². The van der Waals surface area contributed by atoms with Crippen molar-refractivity contribution in [1.82, 2.24) is 0 Å². The first-order valence-corrected chi connectivity index (χ1v) is 10.5. The second-order valence-electron chi connectivity index (χ2n) is 8.07. The summed E-state index contributed by atoms with van der Waals surface area (Å²) in [5.41, 5.74) is 0.213. The van der Waals surface area contributed by atoms with Crippen LogP contribution < -0.4 is 10.4 Å². The van der Waals surface area contributed by atoms with E-state index < -0.39 is 14.8 Å². The van der Waals surface area contributed by atoms with E-state index in [-0.39, 0.29) is 5.41 Å². The van der Waals surface area contributed by atoms with Gasteiger partial charge in [-0.3, -0.25) is 0 Å². The molecule has 0 saturated heterocycles. The summed E-state index contributed by atoms with van der Waals surface area (Å²) in [4.78, 5) is 0. The van der Waals surface area contributed by atoms with E-state index in [2.05, 4.69) is 69.3 Å². The third kappa shape index (κ3) is 3.97. The Balaban J connectivity index is 1.86. The van der Waals surface area contributed by atoms with Crippen LogP contribution in [0.3, 0.4) is 0 Å². The topological polar surface area (TPSA) is 29.5 Å². The molecule has 2 aromatic carbocycles. The molecule has 0 unspecified atom stereocenters. The molecular formula is C21H28O2Si. The Hall–Kier alpha value is -1.42. The predicted molar refractivity (Wildman–Crippen MR) is 102 cm³/mol. The van der Waals surface area contributed by atoms with Crippen molar-refractivity contribution in [2.45, 2.75) is 45.8 Å². The average molecular weight is 341 g/mol. The van der Waals surface area contributed by atoms with Crippen LogP contribution in [0.2, 0.25) is 0 Å². The molecule has 128 valence electrons. The van der Waals surface area contributed by atoms with Gasteiger partial charge in [-0.25, -0.2) is 0 Å². The van der Waals surface area contributed by atoms with Gasteiger partial charge in [0.2, 0.25) is 9.04 Å². The SMILES string of the molecule is CC(C)(C)[C@@H]1CC[C@](O)(O[SiH](c2ccccc2)c2ccccc2)C1. The van der Waals surface area contributed by atoms with Crippen LogP contribution in [0, 0.1) is 11.3 Å². The third-order valence-electron chi connectivity index (χ3n) is 5.22. The van der Waals surface area contributed by atoms with E-state index in [4.69, 9.17) is 4.43 Å². The Morgan fingerprint density at radius 1 is 0.958 bits per heavy atom. The largest absolute Gasteiger partial charge is 0.384 e. The first-order chi connectivity index (χ1) is 11.4. The molecule has 1 N–H and O–H groups in total. The van der Waals surface area contributed by atoms with E-state index in [1.165, 1.54) is 10.4 Å². The summed E-state index contributed by atoms with van der Waals surface area (Å²) in [7, 11) is -1.90.